The van der Waals surface area contributed by atoms with E-state index in [-0.39, 0.29) is 0 Å². The van der Waals surface area contributed by atoms with Gasteiger partial charge in [0, 0.05) is 17.1 Å². The topological polar surface area (TPSA) is 12.0 Å². The van der Waals surface area contributed by atoms with Gasteiger partial charge in [0.05, 0.1) is 0 Å². The fraction of sp³-hybridized carbons (Fsp3) is 0.667. The van der Waals surface area contributed by atoms with Gasteiger partial charge in [0.15, 0.2) is 0 Å². The predicted octanol–water partition coefficient (Wildman–Crippen LogP) is 5.06. The maximum atomic E-state index is 3.89. The fourth-order valence-corrected chi connectivity index (χ4v) is 5.45. The summed E-state index contributed by atoms with van der Waals surface area (Å²) in [6, 6.07) is 7.30. The molecular formula is C18H26BrN. The van der Waals surface area contributed by atoms with Crippen LogP contribution in [0.25, 0.3) is 0 Å². The Bertz CT molecular complexity index is 517. The van der Waals surface area contributed by atoms with Gasteiger partial charge in [-0.2, -0.15) is 0 Å². The minimum Gasteiger partial charge on any atom is -0.309 e. The zero-order valence-corrected chi connectivity index (χ0v) is 14.7. The minimum atomic E-state index is 0.435. The molecule has 3 unspecified atom stereocenters. The largest absolute Gasteiger partial charge is 0.309 e. The summed E-state index contributed by atoms with van der Waals surface area (Å²) >= 11 is 3.70. The molecule has 0 radical (unpaired) electrons. The van der Waals surface area contributed by atoms with Crippen LogP contribution in [0.2, 0.25) is 0 Å². The Kier molecular flexibility index (Phi) is 3.53. The van der Waals surface area contributed by atoms with Crippen LogP contribution in [0, 0.1) is 23.7 Å². The first-order chi connectivity index (χ1) is 9.33. The van der Waals surface area contributed by atoms with Crippen molar-refractivity contribution in [3.8, 4) is 0 Å². The Morgan fingerprint density at radius 2 is 2.05 bits per heavy atom. The fourth-order valence-electron chi connectivity index (χ4n) is 4.82. The Labute approximate surface area is 131 Å². The van der Waals surface area contributed by atoms with E-state index in [1.807, 2.05) is 0 Å². The van der Waals surface area contributed by atoms with E-state index in [1.165, 1.54) is 34.9 Å². The van der Waals surface area contributed by atoms with Crippen LogP contribution in [0.4, 0.5) is 0 Å². The van der Waals surface area contributed by atoms with Crippen molar-refractivity contribution in [3.05, 3.63) is 33.8 Å². The molecule has 110 valence electrons. The maximum absolute atomic E-state index is 3.89. The van der Waals surface area contributed by atoms with Gasteiger partial charge >= 0.3 is 0 Å². The predicted molar refractivity (Wildman–Crippen MR) is 88.7 cm³/mol. The highest BCUT2D eigenvalue weighted by Gasteiger charge is 2.58. The van der Waals surface area contributed by atoms with Crippen molar-refractivity contribution in [3.63, 3.8) is 0 Å². The van der Waals surface area contributed by atoms with Crippen molar-refractivity contribution in [1.29, 1.82) is 0 Å². The van der Waals surface area contributed by atoms with Crippen molar-refractivity contribution < 1.29 is 0 Å². The van der Waals surface area contributed by atoms with Gasteiger partial charge in [0.2, 0.25) is 0 Å². The van der Waals surface area contributed by atoms with Crippen molar-refractivity contribution in [2.75, 3.05) is 0 Å². The summed E-state index contributed by atoms with van der Waals surface area (Å²) in [6.45, 7) is 10.5. The third kappa shape index (κ3) is 2.25. The zero-order valence-electron chi connectivity index (χ0n) is 13.1. The molecule has 2 saturated carbocycles. The summed E-state index contributed by atoms with van der Waals surface area (Å²) in [5, 5.41) is 3.89. The van der Waals surface area contributed by atoms with E-state index in [0.717, 1.165) is 12.5 Å². The Morgan fingerprint density at radius 3 is 2.65 bits per heavy atom. The molecular weight excluding hydrogens is 310 g/mol. The highest BCUT2D eigenvalue weighted by atomic mass is 79.9. The van der Waals surface area contributed by atoms with Gasteiger partial charge in [0.1, 0.15) is 0 Å². The second-order valence-electron chi connectivity index (χ2n) is 7.82. The molecule has 0 aromatic heterocycles. The molecule has 0 saturated heterocycles. The average molecular weight is 336 g/mol. The molecule has 3 atom stereocenters. The highest BCUT2D eigenvalue weighted by molar-refractivity contribution is 9.10. The van der Waals surface area contributed by atoms with Crippen molar-refractivity contribution in [2.45, 2.75) is 59.5 Å². The highest BCUT2D eigenvalue weighted by Crippen LogP contribution is 2.62. The van der Waals surface area contributed by atoms with Gasteiger partial charge in [-0.1, -0.05) is 48.8 Å². The molecule has 1 aromatic rings. The third-order valence-corrected chi connectivity index (χ3v) is 6.71. The lowest BCUT2D eigenvalue weighted by molar-refractivity contribution is 0.108. The van der Waals surface area contributed by atoms with E-state index < -0.39 is 0 Å². The van der Waals surface area contributed by atoms with Crippen LogP contribution in [-0.2, 0) is 6.54 Å². The quantitative estimate of drug-likeness (QED) is 0.813. The first-order valence-electron chi connectivity index (χ1n) is 7.81. The Morgan fingerprint density at radius 1 is 1.30 bits per heavy atom. The number of benzene rings is 1. The molecule has 0 spiro atoms. The molecule has 0 heterocycles. The van der Waals surface area contributed by atoms with Gasteiger partial charge in [-0.15, -0.1) is 0 Å². The number of hydrogen-bond acceptors (Lipinski definition) is 1. The summed E-state index contributed by atoms with van der Waals surface area (Å²) in [6.07, 6.45) is 4.23. The minimum absolute atomic E-state index is 0.435. The maximum Gasteiger partial charge on any atom is 0.0222 e. The van der Waals surface area contributed by atoms with Crippen LogP contribution in [-0.4, -0.2) is 6.04 Å². The molecule has 0 aliphatic heterocycles. The van der Waals surface area contributed by atoms with Crippen molar-refractivity contribution >= 4 is 15.9 Å². The van der Waals surface area contributed by atoms with Crippen LogP contribution in [0.5, 0.6) is 0 Å². The van der Waals surface area contributed by atoms with Crippen molar-refractivity contribution in [2.24, 2.45) is 16.7 Å². The number of nitrogens with one attached hydrogen (secondary N) is 1. The molecule has 20 heavy (non-hydrogen) atoms. The number of halogens is 1. The molecule has 2 aliphatic rings. The summed E-state index contributed by atoms with van der Waals surface area (Å²) < 4.78 is 1.23. The van der Waals surface area contributed by atoms with Crippen LogP contribution in [0.1, 0.15) is 51.2 Å². The lowest BCUT2D eigenvalue weighted by Gasteiger charge is -2.43. The van der Waals surface area contributed by atoms with Crippen LogP contribution < -0.4 is 5.32 Å². The van der Waals surface area contributed by atoms with Gasteiger partial charge in [-0.3, -0.25) is 0 Å². The standard InChI is InChI=1S/C18H26BrN/c1-12-5-6-13(15(19)9-12)11-20-16-17(2,3)14-7-8-18(16,4)10-14/h5-6,9,14,16,20H,7-8,10-11H2,1-4H3. The van der Waals surface area contributed by atoms with E-state index in [9.17, 15) is 0 Å². The number of aryl methyl sites for hydroxylation is 1. The molecule has 1 nitrogen and oxygen atoms in total. The number of fused-ring (bicyclic) bond motifs is 2. The smallest absolute Gasteiger partial charge is 0.0222 e. The Hall–Kier alpha value is -0.340. The summed E-state index contributed by atoms with van der Waals surface area (Å²) in [5.74, 6) is 0.909. The average Bonchev–Trinajstić information content (AvgIpc) is 2.82. The van der Waals surface area contributed by atoms with Gasteiger partial charge in [-0.25, -0.2) is 0 Å². The van der Waals surface area contributed by atoms with Gasteiger partial charge < -0.3 is 5.32 Å². The Balaban J connectivity index is 1.75. The summed E-state index contributed by atoms with van der Waals surface area (Å²) in [7, 11) is 0. The zero-order chi connectivity index (χ0) is 14.5. The van der Waals surface area contributed by atoms with E-state index in [4.69, 9.17) is 0 Å². The molecule has 3 rings (SSSR count). The van der Waals surface area contributed by atoms with Gasteiger partial charge in [0.25, 0.3) is 0 Å². The molecule has 2 fully saturated rings. The van der Waals surface area contributed by atoms with Crippen molar-refractivity contribution in [1.82, 2.24) is 5.32 Å². The lowest BCUT2D eigenvalue weighted by atomic mass is 9.68. The third-order valence-electron chi connectivity index (χ3n) is 5.97. The molecule has 1 aromatic carbocycles. The van der Waals surface area contributed by atoms with E-state index in [0.29, 0.717) is 16.9 Å². The monoisotopic (exact) mass is 335 g/mol. The summed E-state index contributed by atoms with van der Waals surface area (Å²) in [4.78, 5) is 0. The molecule has 1 N–H and O–H groups in total. The van der Waals surface area contributed by atoms with E-state index >= 15 is 0 Å². The number of rotatable bonds is 3. The number of hydrogen-bond donors (Lipinski definition) is 1. The molecule has 2 heteroatoms. The van der Waals surface area contributed by atoms with Crippen LogP contribution >= 0.6 is 15.9 Å². The molecule has 0 amide bonds. The first-order valence-corrected chi connectivity index (χ1v) is 8.61. The second-order valence-corrected chi connectivity index (χ2v) is 8.68. The van der Waals surface area contributed by atoms with Crippen LogP contribution in [0.3, 0.4) is 0 Å². The van der Waals surface area contributed by atoms with E-state index in [2.05, 4.69) is 67.1 Å². The molecule has 2 aliphatic carbocycles. The summed E-state index contributed by atoms with van der Waals surface area (Å²) in [5.41, 5.74) is 3.63. The van der Waals surface area contributed by atoms with Crippen LogP contribution in [0.15, 0.2) is 22.7 Å². The van der Waals surface area contributed by atoms with E-state index in [1.54, 1.807) is 0 Å². The van der Waals surface area contributed by atoms with Gasteiger partial charge in [-0.05, 0) is 60.1 Å². The second kappa shape index (κ2) is 4.84. The lowest BCUT2D eigenvalue weighted by Crippen LogP contribution is -2.49. The molecule has 2 bridgehead atoms. The first kappa shape index (κ1) is 14.6. The SMILES string of the molecule is Cc1ccc(CNC2C3(C)CCC(C3)C2(C)C)c(Br)c1. The normalized spacial score (nSPS) is 34.6.